The smallest absolute Gasteiger partial charge is 0.303 e. The van der Waals surface area contributed by atoms with Gasteiger partial charge in [0.15, 0.2) is 28.9 Å². The van der Waals surface area contributed by atoms with Crippen molar-refractivity contribution in [2.24, 2.45) is 4.99 Å². The number of hydrogen-bond acceptors (Lipinski definition) is 13. The molecule has 0 N–H and O–H groups in total. The van der Waals surface area contributed by atoms with E-state index in [0.717, 1.165) is 43.0 Å². The molecule has 228 valence electrons. The van der Waals surface area contributed by atoms with Crippen molar-refractivity contribution in [3.05, 3.63) is 57.9 Å². The number of amidine groups is 1. The van der Waals surface area contributed by atoms with Gasteiger partial charge in [-0.25, -0.2) is 4.99 Å². The van der Waals surface area contributed by atoms with E-state index in [-0.39, 0.29) is 17.5 Å². The van der Waals surface area contributed by atoms with E-state index < -0.39 is 59.6 Å². The highest BCUT2D eigenvalue weighted by molar-refractivity contribution is 8.14. The lowest BCUT2D eigenvalue weighted by Crippen LogP contribution is -2.61. The molecule has 5 atom stereocenters. The third kappa shape index (κ3) is 8.09. The van der Waals surface area contributed by atoms with Crippen LogP contribution in [-0.4, -0.2) is 71.4 Å². The molecule has 2 aliphatic rings. The lowest BCUT2D eigenvalue weighted by atomic mass is 9.99. The Morgan fingerprint density at radius 2 is 1.56 bits per heavy atom. The zero-order valence-electron chi connectivity index (χ0n) is 24.0. The van der Waals surface area contributed by atoms with Crippen LogP contribution in [0.15, 0.2) is 52.5 Å². The second-order valence-corrected chi connectivity index (χ2v) is 11.6. The van der Waals surface area contributed by atoms with E-state index in [1.165, 1.54) is 23.2 Å². The summed E-state index contributed by atoms with van der Waals surface area (Å²) in [5.74, 6) is -3.22. The maximum absolute atomic E-state index is 13.7. The molecule has 2 aromatic rings. The number of thioether (sulfide) groups is 1. The first-order chi connectivity index (χ1) is 20.4. The number of amides is 1. The molecule has 0 bridgehead atoms. The topological polar surface area (TPSA) is 147 Å². The number of esters is 4. The number of ether oxygens (including phenoxy) is 5. The molecule has 1 saturated heterocycles. The fourth-order valence-corrected chi connectivity index (χ4v) is 6.24. The van der Waals surface area contributed by atoms with Crippen LogP contribution in [0.1, 0.15) is 38.1 Å². The van der Waals surface area contributed by atoms with E-state index in [1.54, 1.807) is 18.2 Å². The molecule has 4 rings (SSSR count). The summed E-state index contributed by atoms with van der Waals surface area (Å²) in [6, 6.07) is 10.9. The number of nitrogens with zero attached hydrogens (tertiary/aromatic N) is 2. The zero-order valence-corrected chi connectivity index (χ0v) is 25.6. The highest BCUT2D eigenvalue weighted by atomic mass is 32.2. The first-order valence-corrected chi connectivity index (χ1v) is 14.9. The Morgan fingerprint density at radius 3 is 2.14 bits per heavy atom. The molecule has 1 aromatic carbocycles. The van der Waals surface area contributed by atoms with Crippen LogP contribution in [0.5, 0.6) is 0 Å². The van der Waals surface area contributed by atoms with Gasteiger partial charge in [0.25, 0.3) is 5.91 Å². The molecule has 1 fully saturated rings. The Labute approximate surface area is 256 Å². The van der Waals surface area contributed by atoms with Gasteiger partial charge in [-0.2, -0.15) is 0 Å². The molecule has 0 spiro atoms. The van der Waals surface area contributed by atoms with E-state index in [0.29, 0.717) is 5.69 Å². The maximum atomic E-state index is 13.7. The summed E-state index contributed by atoms with van der Waals surface area (Å²) in [4.78, 5) is 68.6. The van der Waals surface area contributed by atoms with Gasteiger partial charge in [0.1, 0.15) is 18.4 Å². The number of anilines is 1. The zero-order chi connectivity index (χ0) is 31.3. The third-order valence-corrected chi connectivity index (χ3v) is 8.03. The molecule has 0 aliphatic carbocycles. The van der Waals surface area contributed by atoms with Gasteiger partial charge in [-0.3, -0.25) is 28.9 Å². The highest BCUT2D eigenvalue weighted by Crippen LogP contribution is 2.39. The van der Waals surface area contributed by atoms with Crippen LogP contribution >= 0.6 is 23.1 Å². The maximum Gasteiger partial charge on any atom is 0.303 e. The Balaban J connectivity index is 1.78. The number of carbonyl (C=O) groups is 5. The molecular weight excluding hydrogens is 600 g/mol. The van der Waals surface area contributed by atoms with E-state index in [4.69, 9.17) is 23.7 Å². The minimum Gasteiger partial charge on any atom is -0.463 e. The number of rotatable bonds is 8. The Kier molecular flexibility index (Phi) is 10.4. The number of benzene rings is 1. The first-order valence-electron chi connectivity index (χ1n) is 13.1. The van der Waals surface area contributed by atoms with Gasteiger partial charge in [0.05, 0.1) is 5.69 Å². The molecule has 0 radical (unpaired) electrons. The predicted octanol–water partition coefficient (Wildman–Crippen LogP) is 3.62. The minimum atomic E-state index is -1.34. The average molecular weight is 631 g/mol. The molecule has 12 nitrogen and oxygen atoms in total. The van der Waals surface area contributed by atoms with Gasteiger partial charge in [0, 0.05) is 32.6 Å². The molecular formula is C29H30N2O10S2. The van der Waals surface area contributed by atoms with Gasteiger partial charge >= 0.3 is 23.9 Å². The molecule has 14 heteroatoms. The normalized spacial score (nSPS) is 24.3. The van der Waals surface area contributed by atoms with Gasteiger partial charge in [-0.05, 0) is 36.6 Å². The second-order valence-electron chi connectivity index (χ2n) is 9.60. The summed E-state index contributed by atoms with van der Waals surface area (Å²) in [5.41, 5.74) is 0.523. The fourth-order valence-electron chi connectivity index (χ4n) is 4.39. The van der Waals surface area contributed by atoms with Crippen molar-refractivity contribution >= 4 is 69.8 Å². The van der Waals surface area contributed by atoms with Crippen LogP contribution in [0, 0.1) is 6.92 Å². The summed E-state index contributed by atoms with van der Waals surface area (Å²) >= 11 is 2.38. The van der Waals surface area contributed by atoms with Crippen molar-refractivity contribution in [1.82, 2.24) is 0 Å². The van der Waals surface area contributed by atoms with Crippen LogP contribution in [0.4, 0.5) is 5.69 Å². The number of aryl methyl sites for hydroxylation is 1. The Morgan fingerprint density at radius 1 is 0.930 bits per heavy atom. The van der Waals surface area contributed by atoms with Crippen LogP contribution in [0.2, 0.25) is 0 Å². The van der Waals surface area contributed by atoms with E-state index in [9.17, 15) is 24.0 Å². The van der Waals surface area contributed by atoms with Gasteiger partial charge in [-0.15, -0.1) is 11.3 Å². The number of thiophene rings is 1. The van der Waals surface area contributed by atoms with E-state index >= 15 is 0 Å². The summed E-state index contributed by atoms with van der Waals surface area (Å²) in [5, 5.41) is 2.07. The largest absolute Gasteiger partial charge is 0.463 e. The second kappa shape index (κ2) is 14.0. The first kappa shape index (κ1) is 31.9. The van der Waals surface area contributed by atoms with Crippen molar-refractivity contribution in [3.8, 4) is 0 Å². The van der Waals surface area contributed by atoms with E-state index in [1.807, 2.05) is 36.6 Å². The minimum absolute atomic E-state index is 0.163. The number of aliphatic imine (C=N–C) groups is 1. The van der Waals surface area contributed by atoms with Crippen LogP contribution in [0.25, 0.3) is 6.08 Å². The van der Waals surface area contributed by atoms with Crippen molar-refractivity contribution in [2.45, 2.75) is 64.5 Å². The molecule has 1 amide bonds. The molecule has 1 aromatic heterocycles. The monoisotopic (exact) mass is 630 g/mol. The summed E-state index contributed by atoms with van der Waals surface area (Å²) < 4.78 is 27.9. The molecule has 0 saturated carbocycles. The van der Waals surface area contributed by atoms with Crippen LogP contribution in [0.3, 0.4) is 0 Å². The quantitative estimate of drug-likeness (QED) is 0.239. The average Bonchev–Trinajstić information content (AvgIpc) is 3.54. The van der Waals surface area contributed by atoms with Gasteiger partial charge < -0.3 is 23.7 Å². The lowest BCUT2D eigenvalue weighted by molar-refractivity contribution is -0.237. The Hall–Kier alpha value is -4.01. The van der Waals surface area contributed by atoms with Crippen LogP contribution in [-0.2, 0) is 47.7 Å². The SMILES string of the molecule is CC(=O)OCC1O[C@@H](SC2=NC(=Cc3cccs3)C(=O)N2c2ccc(C)cc2)C(OC(C)=O)C(OC(C)=O)C1OC(C)=O. The standard InChI is InChI=1S/C29H30N2O10S2/c1-15-8-10-20(11-9-15)31-27(36)22(13-21-7-6-12-42-21)30-29(31)43-28-26(40-19(5)35)25(39-18(4)34)24(38-17(3)33)23(41-28)14-37-16(2)32/h6-13,23-26,28H,14H2,1-5H3/t23?,24?,25?,26?,28-/m0/s1. The lowest BCUT2D eigenvalue weighted by Gasteiger charge is -2.44. The van der Waals surface area contributed by atoms with Crippen molar-refractivity contribution in [1.29, 1.82) is 0 Å². The van der Waals surface area contributed by atoms with Gasteiger partial charge in [-0.1, -0.05) is 35.5 Å². The summed E-state index contributed by atoms with van der Waals surface area (Å²) in [6.07, 6.45) is -3.42. The van der Waals surface area contributed by atoms with Crippen molar-refractivity contribution in [3.63, 3.8) is 0 Å². The summed E-state index contributed by atoms with van der Waals surface area (Å²) in [6.45, 7) is 6.20. The van der Waals surface area contributed by atoms with Gasteiger partial charge in [0.2, 0.25) is 0 Å². The predicted molar refractivity (Wildman–Crippen MR) is 158 cm³/mol. The Bertz CT molecular complexity index is 1440. The molecule has 3 heterocycles. The molecule has 43 heavy (non-hydrogen) atoms. The highest BCUT2D eigenvalue weighted by Gasteiger charge is 2.53. The van der Waals surface area contributed by atoms with E-state index in [2.05, 4.69) is 4.99 Å². The third-order valence-electron chi connectivity index (χ3n) is 6.11. The van der Waals surface area contributed by atoms with Crippen molar-refractivity contribution in [2.75, 3.05) is 11.5 Å². The van der Waals surface area contributed by atoms with Crippen LogP contribution < -0.4 is 4.90 Å². The summed E-state index contributed by atoms with van der Waals surface area (Å²) in [7, 11) is 0. The van der Waals surface area contributed by atoms with Crippen molar-refractivity contribution < 1.29 is 47.7 Å². The number of carbonyl (C=O) groups excluding carboxylic acids is 5. The number of hydrogen-bond donors (Lipinski definition) is 0. The molecule has 2 aliphatic heterocycles. The fraction of sp³-hybridized carbons (Fsp3) is 0.379. The molecule has 4 unspecified atom stereocenters.